The van der Waals surface area contributed by atoms with Crippen molar-refractivity contribution in [1.82, 2.24) is 20.3 Å². The molecule has 1 amide bonds. The molecule has 1 fully saturated rings. The van der Waals surface area contributed by atoms with E-state index in [1.54, 1.807) is 31.4 Å². The lowest BCUT2D eigenvalue weighted by Gasteiger charge is -2.29. The number of hydrogen-bond acceptors (Lipinski definition) is 5. The fraction of sp³-hybridized carbons (Fsp3) is 0.412. The van der Waals surface area contributed by atoms with E-state index >= 15 is 0 Å². The van der Waals surface area contributed by atoms with Gasteiger partial charge in [-0.25, -0.2) is 0 Å². The first-order chi connectivity index (χ1) is 12.0. The van der Waals surface area contributed by atoms with Gasteiger partial charge in [-0.2, -0.15) is 5.26 Å². The predicted octanol–water partition coefficient (Wildman–Crippen LogP) is 2.46. The van der Waals surface area contributed by atoms with Gasteiger partial charge >= 0.3 is 0 Å². The molecule has 1 aromatic heterocycles. The molecule has 3 rings (SSSR count). The second kappa shape index (κ2) is 7.53. The van der Waals surface area contributed by atoms with Gasteiger partial charge in [-0.3, -0.25) is 9.48 Å². The van der Waals surface area contributed by atoms with Crippen LogP contribution >= 0.6 is 11.6 Å². The molecule has 1 aliphatic carbocycles. The fourth-order valence-corrected chi connectivity index (χ4v) is 3.10. The number of carbonyl (C=O) groups is 1. The topological polar surface area (TPSA) is 92.8 Å². The van der Waals surface area contributed by atoms with Crippen LogP contribution in [0, 0.1) is 11.3 Å². The van der Waals surface area contributed by atoms with E-state index in [9.17, 15) is 4.79 Å². The van der Waals surface area contributed by atoms with E-state index < -0.39 is 0 Å². The third kappa shape index (κ3) is 4.28. The first-order valence-corrected chi connectivity index (χ1v) is 8.46. The summed E-state index contributed by atoms with van der Waals surface area (Å²) in [6, 6.07) is 7.22. The number of carbonyl (C=O) groups excluding carboxylic acids is 1. The third-order valence-corrected chi connectivity index (χ3v) is 4.52. The lowest BCUT2D eigenvalue weighted by atomic mass is 9.93. The minimum atomic E-state index is -0.198. The largest absolute Gasteiger partial charge is 0.490 e. The van der Waals surface area contributed by atoms with Gasteiger partial charge in [0.05, 0.1) is 22.9 Å². The first kappa shape index (κ1) is 17.2. The van der Waals surface area contributed by atoms with Crippen LogP contribution in [0.2, 0.25) is 5.02 Å². The van der Waals surface area contributed by atoms with Crippen LogP contribution in [-0.4, -0.2) is 33.0 Å². The van der Waals surface area contributed by atoms with Crippen molar-refractivity contribution in [3.8, 4) is 11.8 Å². The molecule has 130 valence electrons. The standard InChI is InChI=1S/C17H18ClN5O2/c1-23-10-16(21-22-23)17(24)20-12-3-6-13(7-4-12)25-14-5-2-11(9-19)15(18)8-14/h2,5,8,10,12-13H,3-4,6-7H2,1H3,(H,20,24)/t12-,13-. The number of nitrogens with zero attached hydrogens (tertiary/aromatic N) is 4. The molecule has 1 aliphatic rings. The minimum absolute atomic E-state index is 0.0775. The maximum Gasteiger partial charge on any atom is 0.273 e. The van der Waals surface area contributed by atoms with Gasteiger partial charge in [-0.05, 0) is 37.8 Å². The summed E-state index contributed by atoms with van der Waals surface area (Å²) >= 11 is 6.02. The Morgan fingerprint density at radius 2 is 2.16 bits per heavy atom. The molecule has 0 atom stereocenters. The third-order valence-electron chi connectivity index (χ3n) is 4.21. The molecule has 1 N–H and O–H groups in total. The summed E-state index contributed by atoms with van der Waals surface area (Å²) in [6.07, 6.45) is 5.01. The molecule has 25 heavy (non-hydrogen) atoms. The van der Waals surface area contributed by atoms with Crippen LogP contribution in [0.15, 0.2) is 24.4 Å². The van der Waals surface area contributed by atoms with Gasteiger partial charge in [0.2, 0.25) is 0 Å². The molecule has 1 heterocycles. The lowest BCUT2D eigenvalue weighted by Crippen LogP contribution is -2.39. The minimum Gasteiger partial charge on any atom is -0.490 e. The fourth-order valence-electron chi connectivity index (χ4n) is 2.89. The van der Waals surface area contributed by atoms with Crippen LogP contribution in [0.25, 0.3) is 0 Å². The number of nitriles is 1. The van der Waals surface area contributed by atoms with Crippen molar-refractivity contribution in [2.45, 2.75) is 37.8 Å². The molecule has 0 saturated heterocycles. The SMILES string of the molecule is Cn1cc(C(=O)N[C@H]2CC[C@H](Oc3ccc(C#N)c(Cl)c3)CC2)nn1. The maximum atomic E-state index is 12.1. The highest BCUT2D eigenvalue weighted by Crippen LogP contribution is 2.27. The van der Waals surface area contributed by atoms with Gasteiger partial charge in [-0.1, -0.05) is 16.8 Å². The van der Waals surface area contributed by atoms with Crippen molar-refractivity contribution in [1.29, 1.82) is 5.26 Å². The van der Waals surface area contributed by atoms with Crippen LogP contribution < -0.4 is 10.1 Å². The van der Waals surface area contributed by atoms with E-state index in [4.69, 9.17) is 21.6 Å². The Morgan fingerprint density at radius 3 is 2.76 bits per heavy atom. The number of rotatable bonds is 4. The number of amides is 1. The van der Waals surface area contributed by atoms with E-state index in [-0.39, 0.29) is 18.1 Å². The molecule has 2 aromatic rings. The van der Waals surface area contributed by atoms with Crippen LogP contribution in [0.5, 0.6) is 5.75 Å². The van der Waals surface area contributed by atoms with E-state index in [0.717, 1.165) is 25.7 Å². The average molecular weight is 360 g/mol. The van der Waals surface area contributed by atoms with Crippen LogP contribution in [0.3, 0.4) is 0 Å². The molecular weight excluding hydrogens is 342 g/mol. The highest BCUT2D eigenvalue weighted by molar-refractivity contribution is 6.31. The molecule has 0 aliphatic heterocycles. The number of halogens is 1. The van der Waals surface area contributed by atoms with Gasteiger partial charge in [0.15, 0.2) is 5.69 Å². The second-order valence-electron chi connectivity index (χ2n) is 6.10. The normalized spacial score (nSPS) is 19.9. The zero-order valence-corrected chi connectivity index (χ0v) is 14.5. The van der Waals surface area contributed by atoms with E-state index in [2.05, 4.69) is 15.6 Å². The van der Waals surface area contributed by atoms with Crippen LogP contribution in [0.1, 0.15) is 41.7 Å². The first-order valence-electron chi connectivity index (χ1n) is 8.08. The Kier molecular flexibility index (Phi) is 5.19. The smallest absolute Gasteiger partial charge is 0.273 e. The molecule has 7 nitrogen and oxygen atoms in total. The zero-order chi connectivity index (χ0) is 17.8. The molecular formula is C17H18ClN5O2. The highest BCUT2D eigenvalue weighted by atomic mass is 35.5. The summed E-state index contributed by atoms with van der Waals surface area (Å²) in [4.78, 5) is 12.1. The monoisotopic (exact) mass is 359 g/mol. The Labute approximate surface area is 150 Å². The molecule has 1 saturated carbocycles. The van der Waals surface area contributed by atoms with Crippen LogP contribution in [0.4, 0.5) is 0 Å². The Balaban J connectivity index is 1.49. The summed E-state index contributed by atoms with van der Waals surface area (Å²) in [5, 5.41) is 19.9. The van der Waals surface area contributed by atoms with Gasteiger partial charge in [0.1, 0.15) is 11.8 Å². The molecule has 8 heteroatoms. The number of hydrogen-bond donors (Lipinski definition) is 1. The molecule has 0 spiro atoms. The molecule has 1 aromatic carbocycles. The van der Waals surface area contributed by atoms with Gasteiger partial charge in [0, 0.05) is 19.2 Å². The lowest BCUT2D eigenvalue weighted by molar-refractivity contribution is 0.0889. The molecule has 0 radical (unpaired) electrons. The summed E-state index contributed by atoms with van der Waals surface area (Å²) in [6.45, 7) is 0. The average Bonchev–Trinajstić information content (AvgIpc) is 3.03. The van der Waals surface area contributed by atoms with E-state index in [1.807, 2.05) is 6.07 Å². The van der Waals surface area contributed by atoms with Crippen molar-refractivity contribution in [3.63, 3.8) is 0 Å². The number of aryl methyl sites for hydroxylation is 1. The second-order valence-corrected chi connectivity index (χ2v) is 6.50. The van der Waals surface area contributed by atoms with Gasteiger partial charge in [0.25, 0.3) is 5.91 Å². The van der Waals surface area contributed by atoms with Crippen molar-refractivity contribution >= 4 is 17.5 Å². The number of aromatic nitrogens is 3. The maximum absolute atomic E-state index is 12.1. The number of ether oxygens (including phenoxy) is 1. The van der Waals surface area contributed by atoms with Gasteiger partial charge < -0.3 is 10.1 Å². The van der Waals surface area contributed by atoms with E-state index in [0.29, 0.717) is 22.0 Å². The summed E-state index contributed by atoms with van der Waals surface area (Å²) in [5.74, 6) is 0.465. The van der Waals surface area contributed by atoms with Crippen molar-refractivity contribution in [2.75, 3.05) is 0 Å². The van der Waals surface area contributed by atoms with Crippen molar-refractivity contribution in [3.05, 3.63) is 40.7 Å². The Bertz CT molecular complexity index is 806. The Hall–Kier alpha value is -2.59. The van der Waals surface area contributed by atoms with Crippen LogP contribution in [-0.2, 0) is 7.05 Å². The number of benzene rings is 1. The summed E-state index contributed by atoms with van der Waals surface area (Å²) in [5.41, 5.74) is 0.762. The predicted molar refractivity (Wildman–Crippen MR) is 91.3 cm³/mol. The van der Waals surface area contributed by atoms with Crippen molar-refractivity contribution < 1.29 is 9.53 Å². The quantitative estimate of drug-likeness (QED) is 0.905. The van der Waals surface area contributed by atoms with E-state index in [1.165, 1.54) is 4.68 Å². The molecule has 0 bridgehead atoms. The van der Waals surface area contributed by atoms with Gasteiger partial charge in [-0.15, -0.1) is 5.10 Å². The Morgan fingerprint density at radius 1 is 1.40 bits per heavy atom. The zero-order valence-electron chi connectivity index (χ0n) is 13.8. The van der Waals surface area contributed by atoms with Crippen molar-refractivity contribution in [2.24, 2.45) is 7.05 Å². The molecule has 0 unspecified atom stereocenters. The summed E-state index contributed by atoms with van der Waals surface area (Å²) < 4.78 is 7.45. The summed E-state index contributed by atoms with van der Waals surface area (Å²) in [7, 11) is 1.72. The highest BCUT2D eigenvalue weighted by Gasteiger charge is 2.24. The number of nitrogens with one attached hydrogen (secondary N) is 1.